The van der Waals surface area contributed by atoms with Gasteiger partial charge in [-0.2, -0.15) is 18.3 Å². The Morgan fingerprint density at radius 1 is 1.23 bits per heavy atom. The van der Waals surface area contributed by atoms with E-state index in [9.17, 15) is 22.0 Å². The van der Waals surface area contributed by atoms with Gasteiger partial charge in [0, 0.05) is 17.3 Å². The number of fused-ring (bicyclic) bond motifs is 1. The molecule has 0 atom stereocenters. The summed E-state index contributed by atoms with van der Waals surface area (Å²) >= 11 is 0. The highest BCUT2D eigenvalue weighted by atomic mass is 19.4. The van der Waals surface area contributed by atoms with Crippen molar-refractivity contribution in [3.8, 4) is 5.69 Å². The van der Waals surface area contributed by atoms with Crippen molar-refractivity contribution in [2.24, 2.45) is 0 Å². The molecule has 3 aromatic rings. The van der Waals surface area contributed by atoms with E-state index in [1.165, 1.54) is 18.3 Å². The molecule has 4 nitrogen and oxygen atoms in total. The summed E-state index contributed by atoms with van der Waals surface area (Å²) in [5.41, 5.74) is 0.184. The lowest BCUT2D eigenvalue weighted by Gasteiger charge is -2.08. The minimum atomic E-state index is -4.79. The number of aryl methyl sites for hydroxylation is 1. The third kappa shape index (κ3) is 2.32. The molecule has 3 rings (SSSR count). The number of hydrogen-bond acceptors (Lipinski definition) is 2. The Labute approximate surface area is 120 Å². The zero-order valence-electron chi connectivity index (χ0n) is 11.1. The summed E-state index contributed by atoms with van der Waals surface area (Å²) in [6.45, 7) is 1.70. The van der Waals surface area contributed by atoms with Gasteiger partial charge in [-0.05, 0) is 24.6 Å². The largest absolute Gasteiger partial charge is 0.434 e. The molecule has 0 spiro atoms. The highest BCUT2D eigenvalue weighted by Crippen LogP contribution is 2.33. The van der Waals surface area contributed by atoms with Crippen molar-refractivity contribution in [2.45, 2.75) is 19.5 Å². The maximum atomic E-state index is 13.0. The molecular formula is C13H9F5N4. The molecule has 0 fully saturated rings. The van der Waals surface area contributed by atoms with Gasteiger partial charge >= 0.3 is 6.18 Å². The monoisotopic (exact) mass is 316 g/mol. The molecule has 2 aromatic heterocycles. The van der Waals surface area contributed by atoms with Crippen LogP contribution < -0.4 is 0 Å². The van der Waals surface area contributed by atoms with E-state index in [1.807, 2.05) is 0 Å². The number of rotatable bonds is 2. The van der Waals surface area contributed by atoms with Crippen molar-refractivity contribution >= 4 is 10.9 Å². The van der Waals surface area contributed by atoms with Gasteiger partial charge in [0.2, 0.25) is 0 Å². The number of aromatic nitrogens is 4. The molecule has 1 aromatic carbocycles. The van der Waals surface area contributed by atoms with Gasteiger partial charge in [-0.3, -0.25) is 9.67 Å². The molecule has 0 radical (unpaired) electrons. The van der Waals surface area contributed by atoms with Gasteiger partial charge in [0.05, 0.1) is 11.7 Å². The summed E-state index contributed by atoms with van der Waals surface area (Å²) in [5, 5.41) is 7.16. The first-order valence-corrected chi connectivity index (χ1v) is 6.16. The van der Waals surface area contributed by atoms with Crippen LogP contribution in [0.5, 0.6) is 0 Å². The second kappa shape index (κ2) is 4.79. The van der Waals surface area contributed by atoms with E-state index in [1.54, 1.807) is 6.92 Å². The molecular weight excluding hydrogens is 307 g/mol. The molecule has 0 bridgehead atoms. The van der Waals surface area contributed by atoms with Crippen LogP contribution in [-0.4, -0.2) is 19.7 Å². The lowest BCUT2D eigenvalue weighted by atomic mass is 10.1. The van der Waals surface area contributed by atoms with E-state index in [0.717, 1.165) is 4.57 Å². The molecule has 0 saturated carbocycles. The Morgan fingerprint density at radius 3 is 2.59 bits per heavy atom. The Balaban J connectivity index is 2.22. The summed E-state index contributed by atoms with van der Waals surface area (Å²) in [6.07, 6.45) is -5.88. The van der Waals surface area contributed by atoms with Crippen molar-refractivity contribution in [2.75, 3.05) is 0 Å². The van der Waals surface area contributed by atoms with Gasteiger partial charge in [0.1, 0.15) is 0 Å². The normalized spacial score (nSPS) is 12.5. The van der Waals surface area contributed by atoms with Gasteiger partial charge in [-0.15, -0.1) is 0 Å². The maximum Gasteiger partial charge on any atom is 0.434 e. The van der Waals surface area contributed by atoms with Gasteiger partial charge in [0.25, 0.3) is 6.43 Å². The number of alkyl halides is 5. The molecule has 0 aliphatic rings. The first-order valence-electron chi connectivity index (χ1n) is 6.16. The van der Waals surface area contributed by atoms with E-state index < -0.39 is 24.1 Å². The van der Waals surface area contributed by atoms with E-state index in [2.05, 4.69) is 15.2 Å². The maximum absolute atomic E-state index is 13.0. The SMILES string of the molecule is Cc1cc(-n2cc(C(F)(F)F)nc2C(F)F)cc2cn[nH]c12. The molecule has 0 aliphatic carbocycles. The van der Waals surface area contributed by atoms with Gasteiger partial charge in [-0.25, -0.2) is 13.8 Å². The Morgan fingerprint density at radius 2 is 1.95 bits per heavy atom. The van der Waals surface area contributed by atoms with Crippen LogP contribution in [0.2, 0.25) is 0 Å². The van der Waals surface area contributed by atoms with E-state index in [0.29, 0.717) is 22.7 Å². The minimum Gasteiger partial charge on any atom is -0.298 e. The van der Waals surface area contributed by atoms with Crippen LogP contribution in [0.25, 0.3) is 16.6 Å². The first kappa shape index (κ1) is 14.5. The van der Waals surface area contributed by atoms with Crippen LogP contribution in [0.15, 0.2) is 24.5 Å². The van der Waals surface area contributed by atoms with Crippen molar-refractivity contribution in [1.82, 2.24) is 19.7 Å². The van der Waals surface area contributed by atoms with Crippen LogP contribution >= 0.6 is 0 Å². The summed E-state index contributed by atoms with van der Waals surface area (Å²) < 4.78 is 64.9. The van der Waals surface area contributed by atoms with Crippen LogP contribution in [0.3, 0.4) is 0 Å². The third-order valence-corrected chi connectivity index (χ3v) is 3.23. The molecule has 0 aliphatic heterocycles. The topological polar surface area (TPSA) is 46.5 Å². The number of nitrogens with zero attached hydrogens (tertiary/aromatic N) is 3. The standard InChI is InChI=1S/C13H9F5N4/c1-6-2-8(3-7-4-19-21-10(6)7)22-5-9(13(16,17)18)20-12(22)11(14)15/h2-5,11H,1H3,(H,19,21). The smallest absolute Gasteiger partial charge is 0.298 e. The predicted octanol–water partition coefficient (Wildman–Crippen LogP) is 4.01. The molecule has 0 saturated heterocycles. The van der Waals surface area contributed by atoms with Gasteiger partial charge < -0.3 is 0 Å². The second-order valence-electron chi connectivity index (χ2n) is 4.75. The number of nitrogens with one attached hydrogen (secondary N) is 1. The molecule has 116 valence electrons. The lowest BCUT2D eigenvalue weighted by molar-refractivity contribution is -0.141. The summed E-state index contributed by atoms with van der Waals surface area (Å²) in [4.78, 5) is 3.02. The molecule has 9 heteroatoms. The zero-order chi connectivity index (χ0) is 16.1. The van der Waals surface area contributed by atoms with E-state index in [4.69, 9.17) is 0 Å². The molecule has 0 amide bonds. The number of aromatic amines is 1. The minimum absolute atomic E-state index is 0.171. The predicted molar refractivity (Wildman–Crippen MR) is 67.9 cm³/mol. The van der Waals surface area contributed by atoms with Crippen molar-refractivity contribution in [3.05, 3.63) is 41.6 Å². The van der Waals surface area contributed by atoms with Crippen molar-refractivity contribution in [3.63, 3.8) is 0 Å². The molecule has 22 heavy (non-hydrogen) atoms. The average Bonchev–Trinajstić information content (AvgIpc) is 3.04. The molecule has 0 unspecified atom stereocenters. The van der Waals surface area contributed by atoms with E-state index in [-0.39, 0.29) is 5.69 Å². The third-order valence-electron chi connectivity index (χ3n) is 3.23. The second-order valence-corrected chi connectivity index (χ2v) is 4.75. The Bertz CT molecular complexity index is 831. The van der Waals surface area contributed by atoms with Crippen LogP contribution in [0.1, 0.15) is 23.5 Å². The number of halogens is 5. The number of H-pyrrole nitrogens is 1. The van der Waals surface area contributed by atoms with E-state index >= 15 is 0 Å². The fourth-order valence-corrected chi connectivity index (χ4v) is 2.25. The lowest BCUT2D eigenvalue weighted by Crippen LogP contribution is -2.05. The average molecular weight is 316 g/mol. The number of hydrogen-bond donors (Lipinski definition) is 1. The van der Waals surface area contributed by atoms with Crippen molar-refractivity contribution in [1.29, 1.82) is 0 Å². The van der Waals surface area contributed by atoms with Crippen LogP contribution in [0, 0.1) is 6.92 Å². The summed E-state index contributed by atoms with van der Waals surface area (Å²) in [7, 11) is 0. The number of imidazole rings is 1. The zero-order valence-corrected chi connectivity index (χ0v) is 11.1. The highest BCUT2D eigenvalue weighted by Gasteiger charge is 2.36. The Kier molecular flexibility index (Phi) is 3.15. The quantitative estimate of drug-likeness (QED) is 0.726. The summed E-state index contributed by atoms with van der Waals surface area (Å²) in [5.74, 6) is -0.949. The summed E-state index contributed by atoms with van der Waals surface area (Å²) in [6, 6.07) is 2.97. The Hall–Kier alpha value is -2.45. The van der Waals surface area contributed by atoms with Gasteiger partial charge in [-0.1, -0.05) is 0 Å². The van der Waals surface area contributed by atoms with Gasteiger partial charge in [0.15, 0.2) is 11.5 Å². The fraction of sp³-hybridized carbons (Fsp3) is 0.231. The van der Waals surface area contributed by atoms with Crippen LogP contribution in [0.4, 0.5) is 22.0 Å². The number of benzene rings is 1. The molecule has 2 heterocycles. The fourth-order valence-electron chi connectivity index (χ4n) is 2.25. The highest BCUT2D eigenvalue weighted by molar-refractivity contribution is 5.83. The first-order chi connectivity index (χ1) is 10.3. The van der Waals surface area contributed by atoms with Crippen molar-refractivity contribution < 1.29 is 22.0 Å². The van der Waals surface area contributed by atoms with Crippen LogP contribution in [-0.2, 0) is 6.18 Å². The molecule has 1 N–H and O–H groups in total.